The van der Waals surface area contributed by atoms with Crippen molar-refractivity contribution < 1.29 is 19.1 Å². The average molecular weight is 285 g/mol. The second-order valence-corrected chi connectivity index (χ2v) is 4.78. The molecule has 104 valence electrons. The maximum absolute atomic E-state index is 12.0. The molecule has 0 aliphatic heterocycles. The van der Waals surface area contributed by atoms with E-state index in [4.69, 9.17) is 21.1 Å². The lowest BCUT2D eigenvalue weighted by Gasteiger charge is -2.11. The van der Waals surface area contributed by atoms with Gasteiger partial charge < -0.3 is 9.47 Å². The highest BCUT2D eigenvalue weighted by Crippen LogP contribution is 2.22. The van der Waals surface area contributed by atoms with Crippen molar-refractivity contribution in [2.75, 3.05) is 13.2 Å². The first-order valence-corrected chi connectivity index (χ1v) is 6.47. The first kappa shape index (κ1) is 15.5. The second-order valence-electron chi connectivity index (χ2n) is 4.38. The number of rotatable bonds is 5. The van der Waals surface area contributed by atoms with Gasteiger partial charge >= 0.3 is 11.9 Å². The van der Waals surface area contributed by atoms with Crippen LogP contribution in [0.25, 0.3) is 0 Å². The predicted molar refractivity (Wildman–Crippen MR) is 72.5 cm³/mol. The van der Waals surface area contributed by atoms with Crippen molar-refractivity contribution in [2.24, 2.45) is 5.92 Å². The molecular formula is C14H17ClO4. The maximum atomic E-state index is 12.0. The molecule has 0 aliphatic carbocycles. The fourth-order valence-electron chi connectivity index (χ4n) is 1.43. The van der Waals surface area contributed by atoms with Crippen LogP contribution in [0.1, 0.15) is 41.5 Å². The molecule has 0 aliphatic rings. The van der Waals surface area contributed by atoms with Crippen molar-refractivity contribution in [3.05, 3.63) is 34.3 Å². The smallest absolute Gasteiger partial charge is 0.340 e. The van der Waals surface area contributed by atoms with Crippen LogP contribution in [0.15, 0.2) is 18.2 Å². The van der Waals surface area contributed by atoms with Gasteiger partial charge in [0.15, 0.2) is 0 Å². The highest BCUT2D eigenvalue weighted by atomic mass is 35.5. The standard InChI is InChI=1S/C14H17ClO4/c1-4-18-13(16)10-6-5-7-11(15)12(10)14(17)19-8-9(2)3/h5-7,9H,4,8H2,1-3H3. The molecule has 0 unspecified atom stereocenters. The van der Waals surface area contributed by atoms with Crippen LogP contribution < -0.4 is 0 Å². The highest BCUT2D eigenvalue weighted by Gasteiger charge is 2.22. The van der Waals surface area contributed by atoms with Crippen molar-refractivity contribution >= 4 is 23.5 Å². The summed E-state index contributed by atoms with van der Waals surface area (Å²) >= 11 is 5.98. The number of benzene rings is 1. The van der Waals surface area contributed by atoms with Gasteiger partial charge in [-0.3, -0.25) is 0 Å². The van der Waals surface area contributed by atoms with E-state index in [2.05, 4.69) is 0 Å². The Hall–Kier alpha value is -1.55. The number of halogens is 1. The summed E-state index contributed by atoms with van der Waals surface area (Å²) in [6, 6.07) is 4.62. The van der Waals surface area contributed by atoms with Crippen LogP contribution in [-0.2, 0) is 9.47 Å². The summed E-state index contributed by atoms with van der Waals surface area (Å²) in [5.74, 6) is -0.985. The number of hydrogen-bond donors (Lipinski definition) is 0. The fraction of sp³-hybridized carbons (Fsp3) is 0.429. The minimum absolute atomic E-state index is 0.0586. The molecule has 0 spiro atoms. The largest absolute Gasteiger partial charge is 0.462 e. The number of ether oxygens (including phenoxy) is 2. The van der Waals surface area contributed by atoms with Crippen LogP contribution >= 0.6 is 11.6 Å². The van der Waals surface area contributed by atoms with Crippen LogP contribution in [0, 0.1) is 5.92 Å². The molecule has 1 rings (SSSR count). The van der Waals surface area contributed by atoms with E-state index in [-0.39, 0.29) is 35.3 Å². The van der Waals surface area contributed by atoms with Gasteiger partial charge in [-0.15, -0.1) is 0 Å². The third kappa shape index (κ3) is 4.24. The van der Waals surface area contributed by atoms with Crippen LogP contribution in [0.2, 0.25) is 5.02 Å². The molecule has 0 fully saturated rings. The van der Waals surface area contributed by atoms with E-state index in [1.807, 2.05) is 13.8 Å². The van der Waals surface area contributed by atoms with Gasteiger partial charge in [0.2, 0.25) is 0 Å². The van der Waals surface area contributed by atoms with Gasteiger partial charge in [-0.1, -0.05) is 31.5 Å². The lowest BCUT2D eigenvalue weighted by molar-refractivity contribution is 0.0435. The summed E-state index contributed by atoms with van der Waals surface area (Å²) in [6.45, 7) is 6.04. The normalized spacial score (nSPS) is 10.4. The maximum Gasteiger partial charge on any atom is 0.340 e. The van der Waals surface area contributed by atoms with Gasteiger partial charge in [-0.25, -0.2) is 9.59 Å². The van der Waals surface area contributed by atoms with Crippen molar-refractivity contribution in [1.29, 1.82) is 0 Å². The Labute approximate surface area is 117 Å². The Morgan fingerprint density at radius 1 is 1.21 bits per heavy atom. The zero-order chi connectivity index (χ0) is 14.4. The van der Waals surface area contributed by atoms with Crippen molar-refractivity contribution in [2.45, 2.75) is 20.8 Å². The summed E-state index contributed by atoms with van der Waals surface area (Å²) in [5, 5.41) is 0.180. The molecule has 0 aromatic heterocycles. The van der Waals surface area contributed by atoms with Crippen molar-refractivity contribution in [3.63, 3.8) is 0 Å². The molecule has 0 atom stereocenters. The minimum Gasteiger partial charge on any atom is -0.462 e. The summed E-state index contributed by atoms with van der Waals surface area (Å²) in [4.78, 5) is 23.8. The molecule has 0 radical (unpaired) electrons. The Morgan fingerprint density at radius 2 is 1.89 bits per heavy atom. The molecule has 0 amide bonds. The summed E-state index contributed by atoms with van der Waals surface area (Å²) < 4.78 is 10.0. The van der Waals surface area contributed by atoms with Gasteiger partial charge in [0.25, 0.3) is 0 Å². The van der Waals surface area contributed by atoms with Gasteiger partial charge in [0, 0.05) is 0 Å². The van der Waals surface area contributed by atoms with Crippen LogP contribution in [0.4, 0.5) is 0 Å². The van der Waals surface area contributed by atoms with E-state index >= 15 is 0 Å². The second kappa shape index (κ2) is 7.14. The Balaban J connectivity index is 3.04. The molecule has 0 bridgehead atoms. The van der Waals surface area contributed by atoms with E-state index < -0.39 is 11.9 Å². The van der Waals surface area contributed by atoms with Crippen molar-refractivity contribution in [3.8, 4) is 0 Å². The molecule has 0 saturated heterocycles. The third-order valence-electron chi connectivity index (χ3n) is 2.26. The topological polar surface area (TPSA) is 52.6 Å². The van der Waals surface area contributed by atoms with E-state index in [1.165, 1.54) is 12.1 Å². The molecule has 0 saturated carbocycles. The first-order valence-electron chi connectivity index (χ1n) is 6.10. The third-order valence-corrected chi connectivity index (χ3v) is 2.58. The van der Waals surface area contributed by atoms with Crippen LogP contribution in [0.3, 0.4) is 0 Å². The number of carbonyl (C=O) groups excluding carboxylic acids is 2. The molecule has 5 heteroatoms. The van der Waals surface area contributed by atoms with Gasteiger partial charge in [-0.05, 0) is 25.0 Å². The lowest BCUT2D eigenvalue weighted by atomic mass is 10.1. The Kier molecular flexibility index (Phi) is 5.83. The van der Waals surface area contributed by atoms with Gasteiger partial charge in [-0.2, -0.15) is 0 Å². The molecule has 19 heavy (non-hydrogen) atoms. The first-order chi connectivity index (χ1) is 8.97. The zero-order valence-corrected chi connectivity index (χ0v) is 12.0. The van der Waals surface area contributed by atoms with E-state index in [1.54, 1.807) is 13.0 Å². The number of hydrogen-bond acceptors (Lipinski definition) is 4. The van der Waals surface area contributed by atoms with E-state index in [0.717, 1.165) is 0 Å². The van der Waals surface area contributed by atoms with Crippen molar-refractivity contribution in [1.82, 2.24) is 0 Å². The fourth-order valence-corrected chi connectivity index (χ4v) is 1.68. The molecule has 1 aromatic rings. The lowest BCUT2D eigenvalue weighted by Crippen LogP contribution is -2.16. The Bertz CT molecular complexity index is 469. The van der Waals surface area contributed by atoms with Gasteiger partial charge in [0.05, 0.1) is 29.4 Å². The molecule has 1 aromatic carbocycles. The molecular weight excluding hydrogens is 268 g/mol. The van der Waals surface area contributed by atoms with Crippen LogP contribution in [-0.4, -0.2) is 25.2 Å². The number of esters is 2. The highest BCUT2D eigenvalue weighted by molar-refractivity contribution is 6.34. The summed E-state index contributed by atoms with van der Waals surface area (Å²) in [7, 11) is 0. The summed E-state index contributed by atoms with van der Waals surface area (Å²) in [5.41, 5.74) is 0.186. The summed E-state index contributed by atoms with van der Waals surface area (Å²) in [6.07, 6.45) is 0. The van der Waals surface area contributed by atoms with E-state index in [9.17, 15) is 9.59 Å². The molecule has 0 N–H and O–H groups in total. The Morgan fingerprint density at radius 3 is 2.47 bits per heavy atom. The predicted octanol–water partition coefficient (Wildman–Crippen LogP) is 3.33. The molecule has 0 heterocycles. The van der Waals surface area contributed by atoms with Gasteiger partial charge in [0.1, 0.15) is 0 Å². The monoisotopic (exact) mass is 284 g/mol. The SMILES string of the molecule is CCOC(=O)c1cccc(Cl)c1C(=O)OCC(C)C. The van der Waals surface area contributed by atoms with E-state index in [0.29, 0.717) is 0 Å². The van der Waals surface area contributed by atoms with Crippen LogP contribution in [0.5, 0.6) is 0 Å². The average Bonchev–Trinajstić information content (AvgIpc) is 2.35. The quantitative estimate of drug-likeness (QED) is 0.778. The minimum atomic E-state index is -0.609. The molecule has 4 nitrogen and oxygen atoms in total. The number of carbonyl (C=O) groups is 2. The zero-order valence-electron chi connectivity index (χ0n) is 11.2.